The molecule has 0 saturated carbocycles. The maximum atomic E-state index is 9.19. The van der Waals surface area contributed by atoms with Gasteiger partial charge in [0.15, 0.2) is 18.9 Å². The fraction of sp³-hybridized carbons (Fsp3) is 0.688. The maximum absolute atomic E-state index is 9.19. The number of aromatic nitrogens is 1. The summed E-state index contributed by atoms with van der Waals surface area (Å²) in [5, 5.41) is 0. The van der Waals surface area contributed by atoms with Crippen molar-refractivity contribution in [2.24, 2.45) is 5.41 Å². The van der Waals surface area contributed by atoms with Crippen molar-refractivity contribution in [1.29, 1.82) is 0 Å². The Kier molecular flexibility index (Phi) is 6.81. The van der Waals surface area contributed by atoms with Gasteiger partial charge in [0.05, 0.1) is 6.26 Å². The monoisotopic (exact) mass is 329 g/mol. The highest BCUT2D eigenvalue weighted by Gasteiger charge is 2.17. The summed E-state index contributed by atoms with van der Waals surface area (Å²) in [5.74, 6) is 0. The topological polar surface area (TPSA) is 61.5 Å². The van der Waals surface area contributed by atoms with Crippen LogP contribution in [0.3, 0.4) is 0 Å². The molecule has 0 atom stereocenters. The van der Waals surface area contributed by atoms with Crippen LogP contribution >= 0.6 is 0 Å². The zero-order valence-corrected chi connectivity index (χ0v) is 14.9. The molecule has 0 spiro atoms. The van der Waals surface area contributed by atoms with Gasteiger partial charge in [0.2, 0.25) is 0 Å². The molecule has 0 aliphatic carbocycles. The van der Waals surface area contributed by atoms with Crippen molar-refractivity contribution >= 4 is 15.8 Å². The molecule has 2 heterocycles. The first kappa shape index (κ1) is 18.9. The molecule has 1 aromatic rings. The molecule has 1 aliphatic rings. The van der Waals surface area contributed by atoms with E-state index in [-0.39, 0.29) is 0 Å². The minimum Gasteiger partial charge on any atom is -0.371 e. The van der Waals surface area contributed by atoms with E-state index in [4.69, 9.17) is 4.55 Å². The van der Waals surface area contributed by atoms with Gasteiger partial charge in [0.25, 0.3) is 10.1 Å². The summed E-state index contributed by atoms with van der Waals surface area (Å²) in [6.07, 6.45) is 9.23. The van der Waals surface area contributed by atoms with Gasteiger partial charge in [-0.15, -0.1) is 0 Å². The van der Waals surface area contributed by atoms with Gasteiger partial charge in [-0.3, -0.25) is 4.55 Å². The Balaban J connectivity index is 0.000000422. The highest BCUT2D eigenvalue weighted by molar-refractivity contribution is 7.85. The van der Waals surface area contributed by atoms with E-state index in [1.807, 2.05) is 0 Å². The zero-order chi connectivity index (χ0) is 16.8. The molecule has 1 N–H and O–H groups in total. The molecule has 0 amide bonds. The first-order valence-electron chi connectivity index (χ1n) is 7.71. The molecule has 0 unspecified atom stereocenters. The summed E-state index contributed by atoms with van der Waals surface area (Å²) < 4.78 is 28.2. The third kappa shape index (κ3) is 9.00. The number of piperidine rings is 1. The molecule has 0 bridgehead atoms. The third-order valence-electron chi connectivity index (χ3n) is 3.25. The normalized spacial score (nSPS) is 16.0. The molecule has 126 valence electrons. The minimum atomic E-state index is -3.67. The van der Waals surface area contributed by atoms with Gasteiger partial charge in [-0.25, -0.2) is 4.57 Å². The van der Waals surface area contributed by atoms with Gasteiger partial charge in [0.1, 0.15) is 0 Å². The second kappa shape index (κ2) is 7.92. The fourth-order valence-corrected chi connectivity index (χ4v) is 2.47. The van der Waals surface area contributed by atoms with E-state index in [1.165, 1.54) is 38.0 Å². The van der Waals surface area contributed by atoms with E-state index in [0.29, 0.717) is 11.7 Å². The molecule has 0 aromatic carbocycles. The van der Waals surface area contributed by atoms with Gasteiger partial charge in [-0.2, -0.15) is 8.42 Å². The SMILES string of the molecule is CC(C)(C)C[n+]1ccc(N2CCCCC2)cc1.CS(=O)(=O)O. The Morgan fingerprint density at radius 3 is 2.00 bits per heavy atom. The van der Waals surface area contributed by atoms with Crippen LogP contribution in [0.4, 0.5) is 5.69 Å². The van der Waals surface area contributed by atoms with E-state index in [9.17, 15) is 8.42 Å². The lowest BCUT2D eigenvalue weighted by Gasteiger charge is -2.28. The molecule has 22 heavy (non-hydrogen) atoms. The van der Waals surface area contributed by atoms with E-state index >= 15 is 0 Å². The molecule has 1 aromatic heterocycles. The molecule has 1 saturated heterocycles. The lowest BCUT2D eigenvalue weighted by Crippen LogP contribution is -2.40. The van der Waals surface area contributed by atoms with Crippen molar-refractivity contribution in [3.8, 4) is 0 Å². The molecule has 1 aliphatic heterocycles. The molecular formula is C16H29N2O3S+. The van der Waals surface area contributed by atoms with E-state index in [1.54, 1.807) is 0 Å². The first-order valence-corrected chi connectivity index (χ1v) is 9.56. The highest BCUT2D eigenvalue weighted by Crippen LogP contribution is 2.18. The summed E-state index contributed by atoms with van der Waals surface area (Å²) in [4.78, 5) is 2.50. The van der Waals surface area contributed by atoms with Crippen LogP contribution in [-0.2, 0) is 16.7 Å². The van der Waals surface area contributed by atoms with Crippen molar-refractivity contribution in [2.45, 2.75) is 46.6 Å². The van der Waals surface area contributed by atoms with Crippen molar-refractivity contribution < 1.29 is 17.5 Å². The largest absolute Gasteiger partial charge is 0.371 e. The number of nitrogens with zero attached hydrogens (tertiary/aromatic N) is 2. The predicted molar refractivity (Wildman–Crippen MR) is 89.6 cm³/mol. The van der Waals surface area contributed by atoms with Crippen LogP contribution in [-0.4, -0.2) is 32.3 Å². The Labute approximate surface area is 134 Å². The lowest BCUT2D eigenvalue weighted by atomic mass is 9.97. The lowest BCUT2D eigenvalue weighted by molar-refractivity contribution is -0.708. The first-order chi connectivity index (χ1) is 10.0. The van der Waals surface area contributed by atoms with E-state index in [2.05, 4.69) is 54.8 Å². The van der Waals surface area contributed by atoms with Crippen molar-refractivity contribution in [3.63, 3.8) is 0 Å². The molecular weight excluding hydrogens is 300 g/mol. The minimum absolute atomic E-state index is 0.345. The van der Waals surface area contributed by atoms with Crippen LogP contribution in [0, 0.1) is 5.41 Å². The molecule has 2 rings (SSSR count). The molecule has 6 heteroatoms. The van der Waals surface area contributed by atoms with Crippen molar-refractivity contribution in [2.75, 3.05) is 24.2 Å². The standard InChI is InChI=1S/C15H25N2.CH4O3S/c1-15(2,3)13-16-11-7-14(8-12-16)17-9-5-4-6-10-17;1-5(2,3)4/h7-8,11-12H,4-6,9-10,13H2,1-3H3;1H3,(H,2,3,4)/q+1;. The Morgan fingerprint density at radius 1 is 1.14 bits per heavy atom. The smallest absolute Gasteiger partial charge is 0.261 e. The number of pyridine rings is 1. The van der Waals surface area contributed by atoms with Gasteiger partial charge in [-0.1, -0.05) is 20.8 Å². The van der Waals surface area contributed by atoms with Crippen LogP contribution in [0.1, 0.15) is 40.0 Å². The predicted octanol–water partition coefficient (Wildman–Crippen LogP) is 2.51. The van der Waals surface area contributed by atoms with E-state index in [0.717, 1.165) is 6.54 Å². The van der Waals surface area contributed by atoms with Gasteiger partial charge < -0.3 is 4.90 Å². The van der Waals surface area contributed by atoms with Gasteiger partial charge >= 0.3 is 0 Å². The van der Waals surface area contributed by atoms with Crippen LogP contribution in [0.25, 0.3) is 0 Å². The Morgan fingerprint density at radius 2 is 1.59 bits per heavy atom. The van der Waals surface area contributed by atoms with Crippen LogP contribution in [0.15, 0.2) is 24.5 Å². The van der Waals surface area contributed by atoms with E-state index < -0.39 is 10.1 Å². The summed E-state index contributed by atoms with van der Waals surface area (Å²) in [6, 6.07) is 4.52. The van der Waals surface area contributed by atoms with Gasteiger partial charge in [0, 0.05) is 36.3 Å². The third-order valence-corrected chi connectivity index (χ3v) is 3.25. The Hall–Kier alpha value is -1.14. The molecule has 5 nitrogen and oxygen atoms in total. The average Bonchev–Trinajstić information content (AvgIpc) is 2.37. The summed E-state index contributed by atoms with van der Waals surface area (Å²) in [6.45, 7) is 10.4. The molecule has 1 fully saturated rings. The number of hydrogen-bond acceptors (Lipinski definition) is 3. The maximum Gasteiger partial charge on any atom is 0.261 e. The summed E-state index contributed by atoms with van der Waals surface area (Å²) in [5.41, 5.74) is 1.73. The number of rotatable bonds is 2. The second-order valence-corrected chi connectivity index (χ2v) is 8.54. The van der Waals surface area contributed by atoms with Gasteiger partial charge in [-0.05, 0) is 19.3 Å². The summed E-state index contributed by atoms with van der Waals surface area (Å²) in [7, 11) is -3.67. The van der Waals surface area contributed by atoms with Crippen LogP contribution < -0.4 is 9.47 Å². The zero-order valence-electron chi connectivity index (χ0n) is 14.1. The quantitative estimate of drug-likeness (QED) is 0.669. The van der Waals surface area contributed by atoms with Crippen molar-refractivity contribution in [3.05, 3.63) is 24.5 Å². The van der Waals surface area contributed by atoms with Crippen LogP contribution in [0.2, 0.25) is 0 Å². The fourth-order valence-electron chi connectivity index (χ4n) is 2.47. The average molecular weight is 329 g/mol. The number of anilines is 1. The Bertz CT molecular complexity index is 534. The molecule has 0 radical (unpaired) electrons. The summed E-state index contributed by atoms with van der Waals surface area (Å²) >= 11 is 0. The number of hydrogen-bond donors (Lipinski definition) is 1. The highest BCUT2D eigenvalue weighted by atomic mass is 32.2. The van der Waals surface area contributed by atoms with Crippen molar-refractivity contribution in [1.82, 2.24) is 0 Å². The second-order valence-electron chi connectivity index (χ2n) is 7.07. The van der Waals surface area contributed by atoms with Crippen LogP contribution in [0.5, 0.6) is 0 Å².